The van der Waals surface area contributed by atoms with Gasteiger partial charge in [-0.25, -0.2) is 0 Å². The average Bonchev–Trinajstić information content (AvgIpc) is 3.51. The zero-order chi connectivity index (χ0) is 28.6. The number of fused-ring (bicyclic) bond motifs is 1. The summed E-state index contributed by atoms with van der Waals surface area (Å²) in [5.41, 5.74) is 4.39. The molecule has 0 radical (unpaired) electrons. The minimum Gasteiger partial charge on any atom is -0.389 e. The van der Waals surface area contributed by atoms with Crippen molar-refractivity contribution in [3.05, 3.63) is 144 Å². The molecule has 2 aliphatic rings. The molecule has 6 heteroatoms. The van der Waals surface area contributed by atoms with Crippen LogP contribution in [0.25, 0.3) is 0 Å². The fraction of sp³-hybridized carbons (Fsp3) is 0.333. The Morgan fingerprint density at radius 2 is 0.929 bits per heavy atom. The van der Waals surface area contributed by atoms with E-state index in [9.17, 15) is 5.11 Å². The summed E-state index contributed by atoms with van der Waals surface area (Å²) in [6.07, 6.45) is -1.66. The summed E-state index contributed by atoms with van der Waals surface area (Å²) >= 11 is 0. The van der Waals surface area contributed by atoms with Gasteiger partial charge in [-0.15, -0.1) is 0 Å². The van der Waals surface area contributed by atoms with Crippen LogP contribution in [-0.4, -0.2) is 59.7 Å². The first-order chi connectivity index (χ1) is 20.8. The Morgan fingerprint density at radius 3 is 1.40 bits per heavy atom. The second-order valence-corrected chi connectivity index (χ2v) is 11.1. The van der Waals surface area contributed by atoms with Gasteiger partial charge in [0.1, 0.15) is 18.3 Å². The van der Waals surface area contributed by atoms with Crippen LogP contribution in [-0.2, 0) is 45.4 Å². The molecule has 0 aromatic heterocycles. The number of hydrogen-bond donors (Lipinski definition) is 1. The van der Waals surface area contributed by atoms with Crippen molar-refractivity contribution in [3.8, 4) is 0 Å². The van der Waals surface area contributed by atoms with Crippen molar-refractivity contribution in [1.82, 2.24) is 4.90 Å². The summed E-state index contributed by atoms with van der Waals surface area (Å²) in [6.45, 7) is 2.76. The smallest absolute Gasteiger partial charge is 0.104 e. The Bertz CT molecular complexity index is 1340. The molecule has 2 saturated heterocycles. The molecule has 0 unspecified atom stereocenters. The van der Waals surface area contributed by atoms with Gasteiger partial charge in [0.05, 0.1) is 51.2 Å². The van der Waals surface area contributed by atoms with Crippen molar-refractivity contribution >= 4 is 0 Å². The summed E-state index contributed by atoms with van der Waals surface area (Å²) in [7, 11) is 0. The Labute approximate surface area is 248 Å². The molecule has 4 aromatic rings. The van der Waals surface area contributed by atoms with E-state index in [-0.39, 0.29) is 24.3 Å². The summed E-state index contributed by atoms with van der Waals surface area (Å²) < 4.78 is 26.2. The lowest BCUT2D eigenvalue weighted by molar-refractivity contribution is -0.113. The molecule has 2 aliphatic heterocycles. The molecule has 0 aliphatic carbocycles. The van der Waals surface area contributed by atoms with E-state index in [1.807, 2.05) is 84.9 Å². The highest BCUT2D eigenvalue weighted by Gasteiger charge is 2.59. The molecular formula is C36H39NO5. The van der Waals surface area contributed by atoms with Crippen LogP contribution >= 0.6 is 0 Å². The number of hydrogen-bond acceptors (Lipinski definition) is 6. The lowest BCUT2D eigenvalue weighted by Crippen LogP contribution is -2.46. The molecule has 218 valence electrons. The summed E-state index contributed by atoms with van der Waals surface area (Å²) in [6, 6.07) is 40.4. The zero-order valence-electron chi connectivity index (χ0n) is 23.8. The van der Waals surface area contributed by atoms with Crippen LogP contribution in [0.15, 0.2) is 121 Å². The van der Waals surface area contributed by atoms with Crippen molar-refractivity contribution in [2.75, 3.05) is 13.2 Å². The summed E-state index contributed by atoms with van der Waals surface area (Å²) in [5, 5.41) is 11.3. The molecule has 0 bridgehead atoms. The first-order valence-corrected chi connectivity index (χ1v) is 14.8. The van der Waals surface area contributed by atoms with Crippen LogP contribution in [0.5, 0.6) is 0 Å². The van der Waals surface area contributed by atoms with Gasteiger partial charge < -0.3 is 24.1 Å². The van der Waals surface area contributed by atoms with E-state index >= 15 is 0 Å². The van der Waals surface area contributed by atoms with Crippen LogP contribution in [0.4, 0.5) is 0 Å². The maximum atomic E-state index is 11.3. The second-order valence-electron chi connectivity index (χ2n) is 11.1. The van der Waals surface area contributed by atoms with E-state index < -0.39 is 12.2 Å². The molecule has 0 spiro atoms. The lowest BCUT2D eigenvalue weighted by Gasteiger charge is -2.30. The van der Waals surface area contributed by atoms with E-state index in [0.717, 1.165) is 22.3 Å². The number of nitrogens with zero attached hydrogens (tertiary/aromatic N) is 1. The van der Waals surface area contributed by atoms with Crippen molar-refractivity contribution < 1.29 is 24.1 Å². The highest BCUT2D eigenvalue weighted by atomic mass is 16.6. The lowest BCUT2D eigenvalue weighted by atomic mass is 10.0. The van der Waals surface area contributed by atoms with Crippen molar-refractivity contribution in [2.45, 2.75) is 62.9 Å². The third kappa shape index (κ3) is 6.98. The van der Waals surface area contributed by atoms with Gasteiger partial charge in [-0.1, -0.05) is 121 Å². The van der Waals surface area contributed by atoms with E-state index in [2.05, 4.69) is 41.3 Å². The molecule has 6 rings (SSSR count). The normalized spacial score (nSPS) is 25.5. The molecule has 4 aromatic carbocycles. The van der Waals surface area contributed by atoms with Gasteiger partial charge in [-0.05, 0) is 22.3 Å². The average molecular weight is 566 g/mol. The third-order valence-corrected chi connectivity index (χ3v) is 8.22. The predicted octanol–water partition coefficient (Wildman–Crippen LogP) is 5.39. The van der Waals surface area contributed by atoms with E-state index in [1.165, 1.54) is 0 Å². The predicted molar refractivity (Wildman–Crippen MR) is 161 cm³/mol. The number of rotatable bonds is 13. The largest absolute Gasteiger partial charge is 0.389 e. The molecule has 42 heavy (non-hydrogen) atoms. The number of aliphatic hydroxyl groups is 1. The first kappa shape index (κ1) is 28.7. The summed E-state index contributed by atoms with van der Waals surface area (Å²) in [5.74, 6) is 0. The Kier molecular flexibility index (Phi) is 9.72. The SMILES string of the molecule is O[C@@H]1CN2[C@@H]([C@@H](OCc3ccccc3)[C@H](OCc3ccccc3)[C@H]2COCc2ccccc2)[C@@H]1OCc1ccccc1. The monoisotopic (exact) mass is 565 g/mol. The van der Waals surface area contributed by atoms with Gasteiger partial charge in [0, 0.05) is 6.54 Å². The molecule has 0 amide bonds. The zero-order valence-corrected chi connectivity index (χ0v) is 23.8. The van der Waals surface area contributed by atoms with Crippen molar-refractivity contribution in [2.24, 2.45) is 0 Å². The topological polar surface area (TPSA) is 60.4 Å². The molecule has 2 fully saturated rings. The molecule has 6 atom stereocenters. The van der Waals surface area contributed by atoms with Gasteiger partial charge in [0.2, 0.25) is 0 Å². The molecule has 6 nitrogen and oxygen atoms in total. The Hall–Kier alpha value is -3.36. The number of benzene rings is 4. The van der Waals surface area contributed by atoms with E-state index in [1.54, 1.807) is 0 Å². The maximum Gasteiger partial charge on any atom is 0.104 e. The summed E-state index contributed by atoms with van der Waals surface area (Å²) in [4.78, 5) is 2.30. The van der Waals surface area contributed by atoms with Crippen LogP contribution in [0.2, 0.25) is 0 Å². The number of ether oxygens (including phenoxy) is 4. The quantitative estimate of drug-likeness (QED) is 0.235. The van der Waals surface area contributed by atoms with Crippen molar-refractivity contribution in [3.63, 3.8) is 0 Å². The van der Waals surface area contributed by atoms with Crippen LogP contribution in [0.3, 0.4) is 0 Å². The maximum absolute atomic E-state index is 11.3. The number of aliphatic hydroxyl groups excluding tert-OH is 1. The third-order valence-electron chi connectivity index (χ3n) is 8.22. The Morgan fingerprint density at radius 1 is 0.524 bits per heavy atom. The standard InChI is InChI=1S/C36H39NO5/c38-32-21-37-31(26-39-22-27-13-5-1-6-14-27)34(40-23-28-15-7-2-8-16-28)36(42-25-30-19-11-4-12-20-30)33(37)35(32)41-24-29-17-9-3-10-18-29/h1-20,31-36,38H,21-26H2/t31-,32-,33-,34-,35-,36-/m1/s1. The van der Waals surface area contributed by atoms with Gasteiger partial charge in [-0.2, -0.15) is 0 Å². The van der Waals surface area contributed by atoms with E-state index in [4.69, 9.17) is 18.9 Å². The molecule has 1 N–H and O–H groups in total. The molecule has 2 heterocycles. The van der Waals surface area contributed by atoms with E-state index in [0.29, 0.717) is 39.6 Å². The fourth-order valence-corrected chi connectivity index (χ4v) is 6.16. The van der Waals surface area contributed by atoms with Gasteiger partial charge >= 0.3 is 0 Å². The van der Waals surface area contributed by atoms with Crippen molar-refractivity contribution in [1.29, 1.82) is 0 Å². The van der Waals surface area contributed by atoms with Crippen LogP contribution < -0.4 is 0 Å². The second kappa shape index (κ2) is 14.2. The van der Waals surface area contributed by atoms with Gasteiger partial charge in [-0.3, -0.25) is 4.90 Å². The van der Waals surface area contributed by atoms with Crippen LogP contribution in [0, 0.1) is 0 Å². The molecule has 0 saturated carbocycles. The minimum absolute atomic E-state index is 0.108. The van der Waals surface area contributed by atoms with Gasteiger partial charge in [0.25, 0.3) is 0 Å². The Balaban J connectivity index is 1.25. The highest BCUT2D eigenvalue weighted by Crippen LogP contribution is 2.39. The highest BCUT2D eigenvalue weighted by molar-refractivity contribution is 5.18. The van der Waals surface area contributed by atoms with Crippen LogP contribution in [0.1, 0.15) is 22.3 Å². The fourth-order valence-electron chi connectivity index (χ4n) is 6.16. The van der Waals surface area contributed by atoms with Gasteiger partial charge in [0.15, 0.2) is 0 Å². The first-order valence-electron chi connectivity index (χ1n) is 14.8. The molecular weight excluding hydrogens is 526 g/mol. The minimum atomic E-state index is -0.645.